The predicted molar refractivity (Wildman–Crippen MR) is 98.3 cm³/mol. The standard InChI is InChI=1S/C19H21BrN2O3/c1-25-17-7-12(6-15(20)19(17)24)8-21-9-13-5-14(11-21)16-3-2-4-18(23)22(16)10-13/h2-4,6-7,13-14,24H,5,8-11H2,1H3/p+1/t13-,14-/m1/s1. The summed E-state index contributed by atoms with van der Waals surface area (Å²) in [5, 5.41) is 9.98. The molecule has 4 rings (SSSR count). The lowest BCUT2D eigenvalue weighted by molar-refractivity contribution is -0.924. The zero-order valence-corrected chi connectivity index (χ0v) is 15.8. The van der Waals surface area contributed by atoms with Gasteiger partial charge in [-0.3, -0.25) is 4.79 Å². The Kier molecular flexibility index (Phi) is 4.33. The molecule has 2 aromatic rings. The number of likely N-dealkylation sites (tertiary alicyclic amines) is 1. The molecule has 5 nitrogen and oxygen atoms in total. The van der Waals surface area contributed by atoms with Crippen LogP contribution in [0.4, 0.5) is 0 Å². The molecule has 1 saturated heterocycles. The maximum atomic E-state index is 12.1. The third-order valence-corrected chi connectivity index (χ3v) is 6.04. The molecule has 1 aromatic carbocycles. The van der Waals surface area contributed by atoms with Crippen molar-refractivity contribution in [1.29, 1.82) is 0 Å². The Labute approximate surface area is 155 Å². The number of benzene rings is 1. The van der Waals surface area contributed by atoms with Gasteiger partial charge in [0, 0.05) is 35.7 Å². The van der Waals surface area contributed by atoms with E-state index in [1.54, 1.807) is 13.2 Å². The molecule has 0 aliphatic carbocycles. The number of hydrogen-bond donors (Lipinski definition) is 2. The number of aromatic hydroxyl groups is 1. The first-order chi connectivity index (χ1) is 12.0. The average molecular weight is 406 g/mol. The quantitative estimate of drug-likeness (QED) is 0.813. The molecular formula is C19H22BrN2O3+. The van der Waals surface area contributed by atoms with Crippen molar-refractivity contribution in [1.82, 2.24) is 4.57 Å². The van der Waals surface area contributed by atoms with Crippen LogP contribution in [0.15, 0.2) is 39.6 Å². The van der Waals surface area contributed by atoms with E-state index in [0.717, 1.165) is 31.7 Å². The smallest absolute Gasteiger partial charge is 0.250 e. The summed E-state index contributed by atoms with van der Waals surface area (Å²) in [5.41, 5.74) is 2.45. The lowest BCUT2D eigenvalue weighted by Gasteiger charge is -2.40. The van der Waals surface area contributed by atoms with Crippen molar-refractivity contribution in [3.05, 3.63) is 56.4 Å². The third kappa shape index (κ3) is 3.09. The molecule has 2 bridgehead atoms. The van der Waals surface area contributed by atoms with Gasteiger partial charge in [-0.15, -0.1) is 0 Å². The molecule has 0 amide bonds. The minimum absolute atomic E-state index is 0.128. The average Bonchev–Trinajstić information content (AvgIpc) is 2.59. The van der Waals surface area contributed by atoms with Gasteiger partial charge in [-0.1, -0.05) is 6.07 Å². The fourth-order valence-electron chi connectivity index (χ4n) is 4.44. The SMILES string of the molecule is COc1cc(C[NH+]2C[C@H]3C[C@H](C2)c2cccc(=O)n2C3)cc(Br)c1O. The highest BCUT2D eigenvalue weighted by atomic mass is 79.9. The molecule has 3 atom stereocenters. The number of fused-ring (bicyclic) bond motifs is 4. The fourth-order valence-corrected chi connectivity index (χ4v) is 4.93. The van der Waals surface area contributed by atoms with Crippen LogP contribution >= 0.6 is 15.9 Å². The van der Waals surface area contributed by atoms with Gasteiger partial charge in [0.2, 0.25) is 0 Å². The van der Waals surface area contributed by atoms with Gasteiger partial charge in [-0.05, 0) is 40.5 Å². The van der Waals surface area contributed by atoms with Crippen LogP contribution in [0, 0.1) is 5.92 Å². The summed E-state index contributed by atoms with van der Waals surface area (Å²) in [6.45, 7) is 3.82. The van der Waals surface area contributed by atoms with E-state index in [1.165, 1.54) is 17.0 Å². The van der Waals surface area contributed by atoms with Crippen molar-refractivity contribution >= 4 is 15.9 Å². The molecule has 1 fully saturated rings. The van der Waals surface area contributed by atoms with Gasteiger partial charge >= 0.3 is 0 Å². The third-order valence-electron chi connectivity index (χ3n) is 5.44. The number of methoxy groups -OCH3 is 1. The van der Waals surface area contributed by atoms with Crippen LogP contribution in [0.1, 0.15) is 23.6 Å². The second-order valence-electron chi connectivity index (χ2n) is 7.16. The Morgan fingerprint density at radius 3 is 3.00 bits per heavy atom. The minimum atomic E-state index is 0.128. The number of hydrogen-bond acceptors (Lipinski definition) is 3. The van der Waals surface area contributed by atoms with E-state index in [-0.39, 0.29) is 11.3 Å². The number of nitrogens with one attached hydrogen (secondary N) is 1. The number of phenols is 1. The van der Waals surface area contributed by atoms with Crippen molar-refractivity contribution < 1.29 is 14.7 Å². The molecule has 2 aliphatic heterocycles. The monoisotopic (exact) mass is 405 g/mol. The molecular weight excluding hydrogens is 384 g/mol. The summed E-state index contributed by atoms with van der Waals surface area (Å²) < 4.78 is 7.89. The van der Waals surface area contributed by atoms with Crippen molar-refractivity contribution in [2.75, 3.05) is 20.2 Å². The van der Waals surface area contributed by atoms with E-state index in [0.29, 0.717) is 22.1 Å². The highest BCUT2D eigenvalue weighted by molar-refractivity contribution is 9.10. The number of piperidine rings is 1. The van der Waals surface area contributed by atoms with Gasteiger partial charge in [0.15, 0.2) is 11.5 Å². The van der Waals surface area contributed by atoms with Crippen LogP contribution in [0.2, 0.25) is 0 Å². The number of quaternary nitrogens is 1. The first-order valence-electron chi connectivity index (χ1n) is 8.64. The van der Waals surface area contributed by atoms with Crippen LogP contribution < -0.4 is 15.2 Å². The number of phenolic OH excluding ortho intramolecular Hbond substituents is 1. The van der Waals surface area contributed by atoms with Crippen molar-refractivity contribution in [3.63, 3.8) is 0 Å². The van der Waals surface area contributed by atoms with Crippen molar-refractivity contribution in [3.8, 4) is 11.5 Å². The molecule has 2 aliphatic rings. The van der Waals surface area contributed by atoms with Crippen molar-refractivity contribution in [2.24, 2.45) is 5.92 Å². The lowest BCUT2D eigenvalue weighted by Crippen LogP contribution is -3.13. The molecule has 0 saturated carbocycles. The Morgan fingerprint density at radius 1 is 1.36 bits per heavy atom. The summed E-state index contributed by atoms with van der Waals surface area (Å²) in [6.07, 6.45) is 1.18. The van der Waals surface area contributed by atoms with E-state index >= 15 is 0 Å². The second-order valence-corrected chi connectivity index (χ2v) is 8.02. The molecule has 1 unspecified atom stereocenters. The molecule has 2 N–H and O–H groups in total. The topological polar surface area (TPSA) is 55.9 Å². The van der Waals surface area contributed by atoms with E-state index in [2.05, 4.69) is 22.0 Å². The number of halogens is 1. The number of rotatable bonds is 3. The number of aromatic nitrogens is 1. The van der Waals surface area contributed by atoms with E-state index in [4.69, 9.17) is 4.74 Å². The molecule has 25 heavy (non-hydrogen) atoms. The fraction of sp³-hybridized carbons (Fsp3) is 0.421. The van der Waals surface area contributed by atoms with Crippen molar-refractivity contribution in [2.45, 2.75) is 25.4 Å². The van der Waals surface area contributed by atoms with Crippen LogP contribution in [-0.2, 0) is 13.1 Å². The van der Waals surface area contributed by atoms with Crippen LogP contribution in [0.5, 0.6) is 11.5 Å². The Hall–Kier alpha value is -1.79. The maximum absolute atomic E-state index is 12.1. The first kappa shape index (κ1) is 16.7. The minimum Gasteiger partial charge on any atom is -0.503 e. The van der Waals surface area contributed by atoms with Gasteiger partial charge in [0.05, 0.1) is 24.7 Å². The van der Waals surface area contributed by atoms with Crippen LogP contribution in [-0.4, -0.2) is 29.9 Å². The number of nitrogens with zero attached hydrogens (tertiary/aromatic N) is 1. The molecule has 6 heteroatoms. The summed E-state index contributed by atoms with van der Waals surface area (Å²) in [5.74, 6) is 1.63. The van der Waals surface area contributed by atoms with E-state index < -0.39 is 0 Å². The van der Waals surface area contributed by atoms with Gasteiger partial charge < -0.3 is 19.3 Å². The summed E-state index contributed by atoms with van der Waals surface area (Å²) in [4.78, 5) is 13.6. The zero-order chi connectivity index (χ0) is 17.6. The normalized spacial score (nSPS) is 24.6. The number of ether oxygens (including phenoxy) is 1. The summed E-state index contributed by atoms with van der Waals surface area (Å²) in [6, 6.07) is 9.52. The highest BCUT2D eigenvalue weighted by Crippen LogP contribution is 2.35. The highest BCUT2D eigenvalue weighted by Gasteiger charge is 2.37. The summed E-state index contributed by atoms with van der Waals surface area (Å²) >= 11 is 3.40. The molecule has 0 spiro atoms. The van der Waals surface area contributed by atoms with E-state index in [9.17, 15) is 9.90 Å². The van der Waals surface area contributed by atoms with Crippen LogP contribution in [0.25, 0.3) is 0 Å². The maximum Gasteiger partial charge on any atom is 0.250 e. The van der Waals surface area contributed by atoms with E-state index in [1.807, 2.05) is 22.8 Å². The Bertz CT molecular complexity index is 864. The largest absolute Gasteiger partial charge is 0.503 e. The Balaban J connectivity index is 1.57. The first-order valence-corrected chi connectivity index (χ1v) is 9.43. The lowest BCUT2D eigenvalue weighted by atomic mass is 9.83. The van der Waals surface area contributed by atoms with Gasteiger partial charge in [-0.25, -0.2) is 0 Å². The molecule has 132 valence electrons. The van der Waals surface area contributed by atoms with Gasteiger partial charge in [0.25, 0.3) is 5.56 Å². The second kappa shape index (κ2) is 6.50. The Morgan fingerprint density at radius 2 is 2.20 bits per heavy atom. The van der Waals surface area contributed by atoms with Crippen LogP contribution in [0.3, 0.4) is 0 Å². The molecule has 1 aromatic heterocycles. The van der Waals surface area contributed by atoms with Gasteiger partial charge in [0.1, 0.15) is 6.54 Å². The summed E-state index contributed by atoms with van der Waals surface area (Å²) in [7, 11) is 1.57. The predicted octanol–water partition coefficient (Wildman–Crippen LogP) is 1.53. The molecule has 3 heterocycles. The zero-order valence-electron chi connectivity index (χ0n) is 14.2. The molecule has 0 radical (unpaired) electrons. The van der Waals surface area contributed by atoms with Gasteiger partial charge in [-0.2, -0.15) is 0 Å². The number of pyridine rings is 1.